The van der Waals surface area contributed by atoms with Crippen molar-refractivity contribution < 1.29 is 19.1 Å². The maximum absolute atomic E-state index is 12.6. The Morgan fingerprint density at radius 3 is 2.50 bits per heavy atom. The predicted molar refractivity (Wildman–Crippen MR) is 99.8 cm³/mol. The van der Waals surface area contributed by atoms with Crippen LogP contribution in [0.3, 0.4) is 0 Å². The van der Waals surface area contributed by atoms with Crippen molar-refractivity contribution in [3.05, 3.63) is 48.0 Å². The van der Waals surface area contributed by atoms with Crippen LogP contribution in [0.15, 0.2) is 42.5 Å². The Hall–Kier alpha value is -3.02. The first-order valence-corrected chi connectivity index (χ1v) is 8.41. The number of ether oxygens (including phenoxy) is 2. The zero-order valence-corrected chi connectivity index (χ0v) is 15.1. The molecule has 0 bridgehead atoms. The third kappa shape index (κ3) is 3.64. The number of nitrogens with zero attached hydrogens (tertiary/aromatic N) is 1. The highest BCUT2D eigenvalue weighted by molar-refractivity contribution is 6.04. The van der Waals surface area contributed by atoms with Crippen molar-refractivity contribution >= 4 is 23.2 Å². The number of nitrogens with one attached hydrogen (secondary N) is 1. The monoisotopic (exact) mass is 354 g/mol. The van der Waals surface area contributed by atoms with E-state index in [1.165, 1.54) is 0 Å². The van der Waals surface area contributed by atoms with Crippen LogP contribution in [0.5, 0.6) is 11.5 Å². The van der Waals surface area contributed by atoms with E-state index in [0.29, 0.717) is 23.7 Å². The number of carbonyl (C=O) groups is 2. The molecular weight excluding hydrogens is 332 g/mol. The van der Waals surface area contributed by atoms with Gasteiger partial charge in [-0.1, -0.05) is 17.7 Å². The van der Waals surface area contributed by atoms with E-state index in [1.54, 1.807) is 37.3 Å². The molecule has 1 atom stereocenters. The highest BCUT2D eigenvalue weighted by Gasteiger charge is 2.36. The van der Waals surface area contributed by atoms with Gasteiger partial charge in [-0.2, -0.15) is 0 Å². The van der Waals surface area contributed by atoms with E-state index in [1.807, 2.05) is 31.2 Å². The van der Waals surface area contributed by atoms with Gasteiger partial charge in [-0.05, 0) is 31.2 Å². The maximum atomic E-state index is 12.6. The number of hydrogen-bond acceptors (Lipinski definition) is 4. The fourth-order valence-electron chi connectivity index (χ4n) is 3.00. The topological polar surface area (TPSA) is 67.9 Å². The molecule has 136 valence electrons. The molecule has 2 aromatic carbocycles. The molecule has 0 radical (unpaired) electrons. The second kappa shape index (κ2) is 7.47. The van der Waals surface area contributed by atoms with Crippen molar-refractivity contribution in [1.29, 1.82) is 0 Å². The molecular formula is C20H22N2O4. The van der Waals surface area contributed by atoms with Gasteiger partial charge in [0.05, 0.1) is 25.8 Å². The van der Waals surface area contributed by atoms with Gasteiger partial charge in [0, 0.05) is 24.7 Å². The Bertz CT molecular complexity index is 817. The maximum Gasteiger partial charge on any atom is 0.229 e. The minimum atomic E-state index is -0.417. The lowest BCUT2D eigenvalue weighted by molar-refractivity contribution is -0.122. The van der Waals surface area contributed by atoms with Crippen LogP contribution in [0.4, 0.5) is 11.4 Å². The minimum absolute atomic E-state index is 0.111. The second-order valence-electron chi connectivity index (χ2n) is 6.30. The van der Waals surface area contributed by atoms with E-state index >= 15 is 0 Å². The van der Waals surface area contributed by atoms with Gasteiger partial charge in [-0.25, -0.2) is 0 Å². The lowest BCUT2D eigenvalue weighted by Crippen LogP contribution is -2.28. The lowest BCUT2D eigenvalue weighted by atomic mass is 10.1. The van der Waals surface area contributed by atoms with E-state index in [4.69, 9.17) is 9.47 Å². The number of benzene rings is 2. The zero-order chi connectivity index (χ0) is 18.7. The lowest BCUT2D eigenvalue weighted by Gasteiger charge is -2.20. The molecule has 1 saturated heterocycles. The fourth-order valence-corrected chi connectivity index (χ4v) is 3.00. The largest absolute Gasteiger partial charge is 0.497 e. The summed E-state index contributed by atoms with van der Waals surface area (Å²) in [6.07, 6.45) is 0.165. The Kier molecular flexibility index (Phi) is 5.11. The van der Waals surface area contributed by atoms with E-state index in [2.05, 4.69) is 5.32 Å². The molecule has 0 aliphatic carbocycles. The second-order valence-corrected chi connectivity index (χ2v) is 6.30. The normalized spacial score (nSPS) is 16.5. The van der Waals surface area contributed by atoms with Crippen LogP contribution in [0.2, 0.25) is 0 Å². The molecule has 0 saturated carbocycles. The van der Waals surface area contributed by atoms with Crippen molar-refractivity contribution in [2.24, 2.45) is 5.92 Å². The Labute approximate surface area is 152 Å². The third-order valence-corrected chi connectivity index (χ3v) is 4.49. The number of aryl methyl sites for hydroxylation is 1. The van der Waals surface area contributed by atoms with Crippen LogP contribution in [0.1, 0.15) is 12.0 Å². The average Bonchev–Trinajstić information content (AvgIpc) is 3.04. The first kappa shape index (κ1) is 17.8. The molecule has 1 aliphatic rings. The average molecular weight is 354 g/mol. The highest BCUT2D eigenvalue weighted by Crippen LogP contribution is 2.36. The van der Waals surface area contributed by atoms with Gasteiger partial charge in [0.25, 0.3) is 0 Å². The van der Waals surface area contributed by atoms with Crippen LogP contribution in [-0.2, 0) is 9.59 Å². The van der Waals surface area contributed by atoms with Crippen LogP contribution >= 0.6 is 0 Å². The molecule has 2 amide bonds. The summed E-state index contributed by atoms with van der Waals surface area (Å²) in [5, 5.41) is 2.88. The van der Waals surface area contributed by atoms with Crippen molar-refractivity contribution in [3.8, 4) is 11.5 Å². The van der Waals surface area contributed by atoms with Gasteiger partial charge in [-0.3, -0.25) is 9.59 Å². The van der Waals surface area contributed by atoms with Crippen molar-refractivity contribution in [1.82, 2.24) is 0 Å². The predicted octanol–water partition coefficient (Wildman–Crippen LogP) is 3.00. The summed E-state index contributed by atoms with van der Waals surface area (Å²) in [4.78, 5) is 26.6. The molecule has 1 aliphatic heterocycles. The fraction of sp³-hybridized carbons (Fsp3) is 0.300. The van der Waals surface area contributed by atoms with Gasteiger partial charge in [0.2, 0.25) is 11.8 Å². The Morgan fingerprint density at radius 2 is 1.85 bits per heavy atom. The Balaban J connectivity index is 1.76. The molecule has 1 N–H and O–H groups in total. The summed E-state index contributed by atoms with van der Waals surface area (Å²) in [5.41, 5.74) is 2.46. The SMILES string of the molecule is COc1ccc(OC)c(N2C[C@H](C(=O)Nc3ccc(C)cc3)CC2=O)c1. The quantitative estimate of drug-likeness (QED) is 0.896. The number of carbonyl (C=O) groups excluding carboxylic acids is 2. The summed E-state index contributed by atoms with van der Waals surface area (Å²) in [7, 11) is 3.11. The van der Waals surface area contributed by atoms with E-state index in [0.717, 1.165) is 11.3 Å². The van der Waals surface area contributed by atoms with Gasteiger partial charge in [0.1, 0.15) is 11.5 Å². The van der Waals surface area contributed by atoms with E-state index < -0.39 is 5.92 Å². The number of hydrogen-bond donors (Lipinski definition) is 1. The molecule has 6 heteroatoms. The van der Waals surface area contributed by atoms with Gasteiger partial charge < -0.3 is 19.7 Å². The highest BCUT2D eigenvalue weighted by atomic mass is 16.5. The summed E-state index contributed by atoms with van der Waals surface area (Å²) in [6, 6.07) is 12.8. The summed E-state index contributed by atoms with van der Waals surface area (Å²) in [6.45, 7) is 2.29. The standard InChI is InChI=1S/C20H22N2O4/c1-13-4-6-15(7-5-13)21-20(24)14-10-19(23)22(12-14)17-11-16(25-2)8-9-18(17)26-3/h4-9,11,14H,10,12H2,1-3H3,(H,21,24)/t14-/m1/s1. The van der Waals surface area contributed by atoms with Crippen molar-refractivity contribution in [3.63, 3.8) is 0 Å². The van der Waals surface area contributed by atoms with Crippen LogP contribution < -0.4 is 19.7 Å². The van der Waals surface area contributed by atoms with Gasteiger partial charge >= 0.3 is 0 Å². The van der Waals surface area contributed by atoms with Gasteiger partial charge in [-0.15, -0.1) is 0 Å². The number of amides is 2. The molecule has 6 nitrogen and oxygen atoms in total. The van der Waals surface area contributed by atoms with Crippen molar-refractivity contribution in [2.75, 3.05) is 31.0 Å². The van der Waals surface area contributed by atoms with Crippen molar-refractivity contribution in [2.45, 2.75) is 13.3 Å². The number of methoxy groups -OCH3 is 2. The summed E-state index contributed by atoms with van der Waals surface area (Å²) >= 11 is 0. The molecule has 0 aromatic heterocycles. The molecule has 26 heavy (non-hydrogen) atoms. The minimum Gasteiger partial charge on any atom is -0.497 e. The van der Waals surface area contributed by atoms with Crippen LogP contribution in [0.25, 0.3) is 0 Å². The van der Waals surface area contributed by atoms with Gasteiger partial charge in [0.15, 0.2) is 0 Å². The molecule has 0 unspecified atom stereocenters. The number of anilines is 2. The molecule has 3 rings (SSSR count). The zero-order valence-electron chi connectivity index (χ0n) is 15.1. The molecule has 1 fully saturated rings. The number of rotatable bonds is 5. The first-order chi connectivity index (χ1) is 12.5. The van der Waals surface area contributed by atoms with Crippen LogP contribution in [0, 0.1) is 12.8 Å². The van der Waals surface area contributed by atoms with E-state index in [-0.39, 0.29) is 18.2 Å². The Morgan fingerprint density at radius 1 is 1.12 bits per heavy atom. The smallest absolute Gasteiger partial charge is 0.229 e. The molecule has 0 spiro atoms. The summed E-state index contributed by atoms with van der Waals surface area (Å²) < 4.78 is 10.6. The first-order valence-electron chi connectivity index (χ1n) is 8.41. The van der Waals surface area contributed by atoms with E-state index in [9.17, 15) is 9.59 Å². The molecule has 1 heterocycles. The molecule has 2 aromatic rings. The van der Waals surface area contributed by atoms with Crippen LogP contribution in [-0.4, -0.2) is 32.6 Å². The third-order valence-electron chi connectivity index (χ3n) is 4.49. The summed E-state index contributed by atoms with van der Waals surface area (Å²) in [5.74, 6) is 0.506.